The van der Waals surface area contributed by atoms with Gasteiger partial charge in [-0.25, -0.2) is 0 Å². The van der Waals surface area contributed by atoms with Gasteiger partial charge in [0.15, 0.2) is 0 Å². The molecule has 2 rings (SSSR count). The SMILES string of the molecule is CCCC(C=CC(=O)N1CCc2ccccc21)NC(=O)C(N)CC. The average molecular weight is 329 g/mol. The molecule has 24 heavy (non-hydrogen) atoms. The van der Waals surface area contributed by atoms with Crippen LogP contribution in [0.25, 0.3) is 0 Å². The first kappa shape index (κ1) is 18.2. The van der Waals surface area contributed by atoms with Crippen LogP contribution in [-0.2, 0) is 16.0 Å². The van der Waals surface area contributed by atoms with Crippen LogP contribution in [-0.4, -0.2) is 30.4 Å². The van der Waals surface area contributed by atoms with Crippen molar-refractivity contribution in [2.45, 2.75) is 51.6 Å². The van der Waals surface area contributed by atoms with Crippen molar-refractivity contribution in [3.05, 3.63) is 42.0 Å². The van der Waals surface area contributed by atoms with Gasteiger partial charge in [-0.2, -0.15) is 0 Å². The van der Waals surface area contributed by atoms with E-state index in [2.05, 4.69) is 11.4 Å². The van der Waals surface area contributed by atoms with Gasteiger partial charge in [0.25, 0.3) is 5.91 Å². The molecule has 0 fully saturated rings. The first-order valence-electron chi connectivity index (χ1n) is 8.70. The summed E-state index contributed by atoms with van der Waals surface area (Å²) in [6.07, 6.45) is 6.53. The number of carbonyl (C=O) groups is 2. The molecular weight excluding hydrogens is 302 g/mol. The zero-order valence-corrected chi connectivity index (χ0v) is 14.5. The van der Waals surface area contributed by atoms with E-state index in [0.29, 0.717) is 13.0 Å². The van der Waals surface area contributed by atoms with E-state index in [1.807, 2.05) is 32.0 Å². The molecule has 0 spiro atoms. The maximum atomic E-state index is 12.5. The van der Waals surface area contributed by atoms with Crippen LogP contribution in [0.3, 0.4) is 0 Å². The van der Waals surface area contributed by atoms with Crippen LogP contribution in [0.1, 0.15) is 38.7 Å². The summed E-state index contributed by atoms with van der Waals surface area (Å²) in [5, 5.41) is 2.91. The highest BCUT2D eigenvalue weighted by Crippen LogP contribution is 2.27. The number of nitrogens with zero attached hydrogens (tertiary/aromatic N) is 1. The summed E-state index contributed by atoms with van der Waals surface area (Å²) >= 11 is 0. The molecule has 1 aromatic rings. The molecule has 0 aromatic heterocycles. The molecule has 0 aliphatic carbocycles. The van der Waals surface area contributed by atoms with Crippen molar-refractivity contribution in [3.63, 3.8) is 0 Å². The zero-order chi connectivity index (χ0) is 17.5. The average Bonchev–Trinajstić information content (AvgIpc) is 3.02. The molecule has 5 heteroatoms. The quantitative estimate of drug-likeness (QED) is 0.753. The molecule has 1 aromatic carbocycles. The highest BCUT2D eigenvalue weighted by Gasteiger charge is 2.22. The summed E-state index contributed by atoms with van der Waals surface area (Å²) in [5.74, 6) is -0.213. The molecule has 2 unspecified atom stereocenters. The molecule has 1 heterocycles. The van der Waals surface area contributed by atoms with Gasteiger partial charge < -0.3 is 16.0 Å². The van der Waals surface area contributed by atoms with Crippen molar-refractivity contribution >= 4 is 17.5 Å². The Bertz CT molecular complexity index is 612. The van der Waals surface area contributed by atoms with Gasteiger partial charge in [-0.15, -0.1) is 0 Å². The Balaban J connectivity index is 2.01. The number of nitrogens with one attached hydrogen (secondary N) is 1. The summed E-state index contributed by atoms with van der Waals surface area (Å²) in [5.41, 5.74) is 7.94. The Kier molecular flexibility index (Phi) is 6.55. The van der Waals surface area contributed by atoms with Gasteiger partial charge in [-0.05, 0) is 30.9 Å². The Morgan fingerprint density at radius 1 is 1.33 bits per heavy atom. The number of hydrogen-bond donors (Lipinski definition) is 2. The fourth-order valence-corrected chi connectivity index (χ4v) is 2.86. The minimum atomic E-state index is -0.501. The highest BCUT2D eigenvalue weighted by molar-refractivity contribution is 6.03. The molecule has 130 valence electrons. The van der Waals surface area contributed by atoms with E-state index in [0.717, 1.165) is 24.9 Å². The molecule has 2 amide bonds. The lowest BCUT2D eigenvalue weighted by molar-refractivity contribution is -0.123. The van der Waals surface area contributed by atoms with E-state index in [1.54, 1.807) is 17.1 Å². The second kappa shape index (κ2) is 8.64. The van der Waals surface area contributed by atoms with Crippen molar-refractivity contribution in [3.8, 4) is 0 Å². The highest BCUT2D eigenvalue weighted by atomic mass is 16.2. The monoisotopic (exact) mass is 329 g/mol. The Labute approximate surface area is 143 Å². The summed E-state index contributed by atoms with van der Waals surface area (Å²) in [6.45, 7) is 4.63. The van der Waals surface area contributed by atoms with Crippen LogP contribution >= 0.6 is 0 Å². The molecule has 1 aliphatic heterocycles. The first-order valence-corrected chi connectivity index (χ1v) is 8.70. The predicted molar refractivity (Wildman–Crippen MR) is 96.7 cm³/mol. The van der Waals surface area contributed by atoms with Crippen LogP contribution in [0.15, 0.2) is 36.4 Å². The Morgan fingerprint density at radius 3 is 2.79 bits per heavy atom. The number of rotatable bonds is 7. The number of benzene rings is 1. The number of amides is 2. The van der Waals surface area contributed by atoms with E-state index in [9.17, 15) is 9.59 Å². The molecule has 0 saturated carbocycles. The predicted octanol–water partition coefficient (Wildman–Crippen LogP) is 2.15. The van der Waals surface area contributed by atoms with Crippen molar-refractivity contribution < 1.29 is 9.59 Å². The summed E-state index contributed by atoms with van der Waals surface area (Å²) in [7, 11) is 0. The standard InChI is InChI=1S/C19H27N3O2/c1-3-7-15(21-19(24)16(20)4-2)10-11-18(23)22-13-12-14-8-5-6-9-17(14)22/h5-6,8-11,15-16H,3-4,7,12-13,20H2,1-2H3,(H,21,24). The number of hydrogen-bond acceptors (Lipinski definition) is 3. The maximum absolute atomic E-state index is 12.5. The second-order valence-electron chi connectivity index (χ2n) is 6.15. The topological polar surface area (TPSA) is 75.4 Å². The van der Waals surface area contributed by atoms with Gasteiger partial charge in [-0.1, -0.05) is 44.5 Å². The van der Waals surface area contributed by atoms with Crippen molar-refractivity contribution in [1.82, 2.24) is 5.32 Å². The van der Waals surface area contributed by atoms with Crippen LogP contribution in [0.2, 0.25) is 0 Å². The molecule has 0 bridgehead atoms. The molecule has 5 nitrogen and oxygen atoms in total. The fraction of sp³-hybridized carbons (Fsp3) is 0.474. The summed E-state index contributed by atoms with van der Waals surface area (Å²) in [6, 6.07) is 7.30. The van der Waals surface area contributed by atoms with E-state index in [1.165, 1.54) is 5.56 Å². The Morgan fingerprint density at radius 2 is 2.08 bits per heavy atom. The lowest BCUT2D eigenvalue weighted by Gasteiger charge is -2.18. The first-order chi connectivity index (χ1) is 11.6. The zero-order valence-electron chi connectivity index (χ0n) is 14.5. The fourth-order valence-electron chi connectivity index (χ4n) is 2.86. The third-order valence-electron chi connectivity index (χ3n) is 4.33. The molecule has 2 atom stereocenters. The minimum absolute atomic E-state index is 0.0462. The number of fused-ring (bicyclic) bond motifs is 1. The third-order valence-corrected chi connectivity index (χ3v) is 4.33. The van der Waals surface area contributed by atoms with Crippen LogP contribution in [0.5, 0.6) is 0 Å². The van der Waals surface area contributed by atoms with Crippen molar-refractivity contribution in [2.75, 3.05) is 11.4 Å². The van der Waals surface area contributed by atoms with Gasteiger partial charge in [0, 0.05) is 24.4 Å². The van der Waals surface area contributed by atoms with Gasteiger partial charge in [0.2, 0.25) is 5.91 Å². The normalized spacial score (nSPS) is 16.0. The van der Waals surface area contributed by atoms with Crippen LogP contribution < -0.4 is 16.0 Å². The smallest absolute Gasteiger partial charge is 0.250 e. The molecule has 1 aliphatic rings. The van der Waals surface area contributed by atoms with Gasteiger partial charge in [0.05, 0.1) is 6.04 Å². The lowest BCUT2D eigenvalue weighted by atomic mass is 10.1. The Hall–Kier alpha value is -2.14. The van der Waals surface area contributed by atoms with E-state index >= 15 is 0 Å². The molecule has 3 N–H and O–H groups in total. The lowest BCUT2D eigenvalue weighted by Crippen LogP contribution is -2.44. The summed E-state index contributed by atoms with van der Waals surface area (Å²) in [4.78, 5) is 26.2. The van der Waals surface area contributed by atoms with E-state index < -0.39 is 6.04 Å². The third kappa shape index (κ3) is 4.45. The van der Waals surface area contributed by atoms with E-state index in [4.69, 9.17) is 5.73 Å². The van der Waals surface area contributed by atoms with Gasteiger partial charge in [0.1, 0.15) is 0 Å². The number of para-hydroxylation sites is 1. The van der Waals surface area contributed by atoms with Crippen molar-refractivity contribution in [1.29, 1.82) is 0 Å². The maximum Gasteiger partial charge on any atom is 0.250 e. The molecular formula is C19H27N3O2. The van der Waals surface area contributed by atoms with Crippen LogP contribution in [0, 0.1) is 0 Å². The number of nitrogens with two attached hydrogens (primary N) is 1. The number of anilines is 1. The largest absolute Gasteiger partial charge is 0.349 e. The van der Waals surface area contributed by atoms with Gasteiger partial charge in [-0.3, -0.25) is 9.59 Å². The molecule has 0 saturated heterocycles. The van der Waals surface area contributed by atoms with Crippen LogP contribution in [0.4, 0.5) is 5.69 Å². The van der Waals surface area contributed by atoms with Gasteiger partial charge >= 0.3 is 0 Å². The minimum Gasteiger partial charge on any atom is -0.349 e. The molecule has 0 radical (unpaired) electrons. The van der Waals surface area contributed by atoms with Crippen molar-refractivity contribution in [2.24, 2.45) is 5.73 Å². The second-order valence-corrected chi connectivity index (χ2v) is 6.15. The summed E-state index contributed by atoms with van der Waals surface area (Å²) < 4.78 is 0. The van der Waals surface area contributed by atoms with E-state index in [-0.39, 0.29) is 17.9 Å². The number of carbonyl (C=O) groups excluding carboxylic acids is 2.